The fraction of sp³-hybridized carbons (Fsp3) is 0.125. The number of hydrogen-bond acceptors (Lipinski definition) is 2. The lowest BCUT2D eigenvalue weighted by Crippen LogP contribution is -2.08. The van der Waals surface area contributed by atoms with Crippen LogP contribution in [0.3, 0.4) is 0 Å². The van der Waals surface area contributed by atoms with Crippen LogP contribution in [0.4, 0.5) is 13.2 Å². The zero-order chi connectivity index (χ0) is 14.9. The molecule has 0 spiro atoms. The average molecular weight is 292 g/mol. The molecule has 5 heteroatoms. The van der Waals surface area contributed by atoms with Gasteiger partial charge in [0, 0.05) is 10.9 Å². The van der Waals surface area contributed by atoms with Crippen molar-refractivity contribution >= 4 is 11.0 Å². The van der Waals surface area contributed by atoms with Crippen molar-refractivity contribution in [2.45, 2.75) is 12.8 Å². The number of benzene rings is 2. The van der Waals surface area contributed by atoms with Gasteiger partial charge in [-0.2, -0.15) is 13.2 Å². The minimum absolute atomic E-state index is 0.0180. The van der Waals surface area contributed by atoms with Gasteiger partial charge >= 0.3 is 6.18 Å². The Hall–Kier alpha value is -2.43. The topological polar surface area (TPSA) is 22.4 Å². The van der Waals surface area contributed by atoms with Crippen molar-refractivity contribution in [1.82, 2.24) is 0 Å². The fourth-order valence-corrected chi connectivity index (χ4v) is 2.13. The van der Waals surface area contributed by atoms with Gasteiger partial charge in [0.2, 0.25) is 0 Å². The van der Waals surface area contributed by atoms with E-state index in [0.717, 1.165) is 11.5 Å². The monoisotopic (exact) mass is 292 g/mol. The van der Waals surface area contributed by atoms with Gasteiger partial charge in [-0.25, -0.2) is 0 Å². The molecule has 0 unspecified atom stereocenters. The molecule has 2 nitrogen and oxygen atoms in total. The summed E-state index contributed by atoms with van der Waals surface area (Å²) in [4.78, 5) is 0. The molecular formula is C16H11F3O2. The third kappa shape index (κ3) is 2.72. The lowest BCUT2D eigenvalue weighted by molar-refractivity contribution is -0.139. The maximum absolute atomic E-state index is 12.9. The largest absolute Gasteiger partial charge is 0.488 e. The van der Waals surface area contributed by atoms with Crippen LogP contribution in [-0.2, 0) is 12.8 Å². The second kappa shape index (κ2) is 5.16. The highest BCUT2D eigenvalue weighted by Crippen LogP contribution is 2.36. The molecule has 0 saturated heterocycles. The van der Waals surface area contributed by atoms with E-state index in [1.54, 1.807) is 6.07 Å². The summed E-state index contributed by atoms with van der Waals surface area (Å²) < 4.78 is 49.3. The third-order valence-electron chi connectivity index (χ3n) is 3.14. The molecule has 1 aromatic heterocycles. The number of furan rings is 1. The van der Waals surface area contributed by atoms with E-state index >= 15 is 0 Å². The lowest BCUT2D eigenvalue weighted by Gasteiger charge is -2.13. The second-order valence-electron chi connectivity index (χ2n) is 4.54. The first-order chi connectivity index (χ1) is 10.1. The Morgan fingerprint density at radius 1 is 0.952 bits per heavy atom. The molecule has 0 atom stereocenters. The maximum atomic E-state index is 12.9. The molecule has 0 saturated carbocycles. The average Bonchev–Trinajstić information content (AvgIpc) is 2.88. The summed E-state index contributed by atoms with van der Waals surface area (Å²) >= 11 is 0. The molecule has 0 amide bonds. The predicted molar refractivity (Wildman–Crippen MR) is 72.0 cm³/mol. The van der Waals surface area contributed by atoms with Crippen LogP contribution in [0.2, 0.25) is 0 Å². The van der Waals surface area contributed by atoms with Gasteiger partial charge in [-0.15, -0.1) is 0 Å². The third-order valence-corrected chi connectivity index (χ3v) is 3.14. The first-order valence-electron chi connectivity index (χ1n) is 6.30. The van der Waals surface area contributed by atoms with E-state index in [4.69, 9.17) is 9.15 Å². The number of alkyl halides is 3. The highest BCUT2D eigenvalue weighted by atomic mass is 19.4. The van der Waals surface area contributed by atoms with Crippen molar-refractivity contribution in [3.05, 3.63) is 65.9 Å². The quantitative estimate of drug-likeness (QED) is 0.675. The highest BCUT2D eigenvalue weighted by molar-refractivity contribution is 5.80. The van der Waals surface area contributed by atoms with E-state index in [1.165, 1.54) is 24.5 Å². The van der Waals surface area contributed by atoms with E-state index < -0.39 is 11.7 Å². The Labute approximate surface area is 118 Å². The highest BCUT2D eigenvalue weighted by Gasteiger charge is 2.34. The van der Waals surface area contributed by atoms with Crippen molar-refractivity contribution in [3.8, 4) is 5.75 Å². The molecule has 21 heavy (non-hydrogen) atoms. The Bertz CT molecular complexity index is 759. The van der Waals surface area contributed by atoms with Gasteiger partial charge in [0.05, 0.1) is 11.8 Å². The lowest BCUT2D eigenvalue weighted by atomic mass is 10.2. The number of rotatable bonds is 3. The van der Waals surface area contributed by atoms with Crippen molar-refractivity contribution < 1.29 is 22.3 Å². The molecule has 1 heterocycles. The van der Waals surface area contributed by atoms with E-state index in [0.29, 0.717) is 11.1 Å². The number of hydrogen-bond donors (Lipinski definition) is 0. The van der Waals surface area contributed by atoms with Crippen LogP contribution in [0.5, 0.6) is 5.75 Å². The minimum Gasteiger partial charge on any atom is -0.488 e. The summed E-state index contributed by atoms with van der Waals surface area (Å²) in [5, 5.41) is 0.835. The van der Waals surface area contributed by atoms with E-state index in [1.807, 2.05) is 18.2 Å². The van der Waals surface area contributed by atoms with Crippen LogP contribution >= 0.6 is 0 Å². The molecule has 3 aromatic rings. The maximum Gasteiger partial charge on any atom is 0.419 e. The van der Waals surface area contributed by atoms with Gasteiger partial charge in [0.25, 0.3) is 0 Å². The van der Waals surface area contributed by atoms with Crippen LogP contribution in [-0.4, -0.2) is 0 Å². The van der Waals surface area contributed by atoms with Crippen LogP contribution in [0.1, 0.15) is 11.1 Å². The van der Waals surface area contributed by atoms with Crippen LogP contribution < -0.4 is 4.74 Å². The molecule has 0 radical (unpaired) electrons. The first kappa shape index (κ1) is 13.5. The second-order valence-corrected chi connectivity index (χ2v) is 4.54. The van der Waals surface area contributed by atoms with Crippen molar-refractivity contribution in [2.24, 2.45) is 0 Å². The number of fused-ring (bicyclic) bond motifs is 1. The van der Waals surface area contributed by atoms with Crippen molar-refractivity contribution in [2.75, 3.05) is 0 Å². The van der Waals surface area contributed by atoms with Gasteiger partial charge < -0.3 is 9.15 Å². The van der Waals surface area contributed by atoms with Crippen LogP contribution in [0.25, 0.3) is 11.0 Å². The summed E-state index contributed by atoms with van der Waals surface area (Å²) in [6.45, 7) is 0.0180. The summed E-state index contributed by atoms with van der Waals surface area (Å²) in [6.07, 6.45) is -2.93. The van der Waals surface area contributed by atoms with E-state index in [-0.39, 0.29) is 12.4 Å². The molecule has 0 aliphatic rings. The van der Waals surface area contributed by atoms with Crippen molar-refractivity contribution in [1.29, 1.82) is 0 Å². The summed E-state index contributed by atoms with van der Waals surface area (Å²) in [5.74, 6) is -0.185. The van der Waals surface area contributed by atoms with Gasteiger partial charge in [-0.3, -0.25) is 0 Å². The Morgan fingerprint density at radius 3 is 2.48 bits per heavy atom. The molecular weight excluding hydrogens is 281 g/mol. The number of ether oxygens (including phenoxy) is 1. The zero-order valence-electron chi connectivity index (χ0n) is 10.9. The summed E-state index contributed by atoms with van der Waals surface area (Å²) in [6, 6.07) is 12.5. The van der Waals surface area contributed by atoms with Crippen LogP contribution in [0, 0.1) is 0 Å². The SMILES string of the molecule is FC(F)(F)c1ccccc1OCc1coc2ccccc12. The fourth-order valence-electron chi connectivity index (χ4n) is 2.13. The van der Waals surface area contributed by atoms with Gasteiger partial charge in [-0.05, 0) is 18.2 Å². The van der Waals surface area contributed by atoms with Gasteiger partial charge in [-0.1, -0.05) is 30.3 Å². The normalized spacial score (nSPS) is 11.8. The number of halogens is 3. The molecule has 3 rings (SSSR count). The molecule has 2 aromatic carbocycles. The van der Waals surface area contributed by atoms with Crippen LogP contribution in [0.15, 0.2) is 59.2 Å². The van der Waals surface area contributed by atoms with E-state index in [9.17, 15) is 13.2 Å². The molecule has 0 fully saturated rings. The Kier molecular flexibility index (Phi) is 3.33. The van der Waals surface area contributed by atoms with Gasteiger partial charge in [0.1, 0.15) is 17.9 Å². The molecule has 108 valence electrons. The summed E-state index contributed by atoms with van der Waals surface area (Å²) in [5.41, 5.74) is 0.612. The zero-order valence-corrected chi connectivity index (χ0v) is 10.9. The molecule has 0 N–H and O–H groups in total. The smallest absolute Gasteiger partial charge is 0.419 e. The minimum atomic E-state index is -4.44. The Morgan fingerprint density at radius 2 is 1.67 bits per heavy atom. The molecule has 0 aliphatic heterocycles. The van der Waals surface area contributed by atoms with E-state index in [2.05, 4.69) is 0 Å². The first-order valence-corrected chi connectivity index (χ1v) is 6.30. The molecule has 0 aliphatic carbocycles. The van der Waals surface area contributed by atoms with Crippen molar-refractivity contribution in [3.63, 3.8) is 0 Å². The molecule has 0 bridgehead atoms. The Balaban J connectivity index is 1.86. The number of para-hydroxylation sites is 2. The predicted octanol–water partition coefficient (Wildman–Crippen LogP) is 5.03. The summed E-state index contributed by atoms with van der Waals surface area (Å²) in [7, 11) is 0. The van der Waals surface area contributed by atoms with Gasteiger partial charge in [0.15, 0.2) is 0 Å². The standard InChI is InChI=1S/C16H11F3O2/c17-16(18,19)13-6-2-4-8-15(13)21-10-11-9-20-14-7-3-1-5-12(11)14/h1-9H,10H2.